The molecule has 0 atom stereocenters. The van der Waals surface area contributed by atoms with E-state index >= 15 is 0 Å². The van der Waals surface area contributed by atoms with Gasteiger partial charge in [0.15, 0.2) is 5.78 Å². The number of fused-ring (bicyclic) bond motifs is 1. The van der Waals surface area contributed by atoms with Gasteiger partial charge in [0.2, 0.25) is 0 Å². The third-order valence-corrected chi connectivity index (χ3v) is 5.01. The lowest BCUT2D eigenvalue weighted by Gasteiger charge is -2.19. The summed E-state index contributed by atoms with van der Waals surface area (Å²) in [7, 11) is 0. The minimum atomic E-state index is -0.264. The fraction of sp³-hybridized carbons (Fsp3) is 0.263. The average molecular weight is 419 g/mol. The fourth-order valence-electron chi connectivity index (χ4n) is 3.13. The van der Waals surface area contributed by atoms with Crippen LogP contribution in [-0.2, 0) is 12.8 Å². The van der Waals surface area contributed by atoms with E-state index in [2.05, 4.69) is 27.6 Å². The Bertz CT molecular complexity index is 832. The summed E-state index contributed by atoms with van der Waals surface area (Å²) in [6, 6.07) is 7.90. The molecule has 1 N–H and O–H groups in total. The number of allylic oxidation sites excluding steroid dienone is 1. The number of aromatic nitrogens is 1. The van der Waals surface area contributed by atoms with E-state index in [0.717, 1.165) is 51.6 Å². The number of hydrogen-bond acceptors (Lipinski definition) is 2. The maximum Gasteiger partial charge on any atom is 0.259 e. The van der Waals surface area contributed by atoms with Crippen LogP contribution in [0.15, 0.2) is 35.1 Å². The van der Waals surface area contributed by atoms with Crippen LogP contribution in [0.5, 0.6) is 0 Å². The lowest BCUT2D eigenvalue weighted by molar-refractivity contribution is 0.104. The van der Waals surface area contributed by atoms with Gasteiger partial charge >= 0.3 is 0 Å². The number of carbonyl (C=O) groups is 1. The molecule has 1 aliphatic rings. The zero-order valence-electron chi connectivity index (χ0n) is 13.0. The molecular weight excluding hydrogens is 401 g/mol. The fourth-order valence-corrected chi connectivity index (χ4v) is 3.49. The number of aromatic amines is 1. The van der Waals surface area contributed by atoms with Gasteiger partial charge in [0.25, 0.3) is 5.56 Å². The second-order valence-corrected chi connectivity index (χ2v) is 7.11. The van der Waals surface area contributed by atoms with Crippen LogP contribution in [0.3, 0.4) is 0 Å². The van der Waals surface area contributed by atoms with Gasteiger partial charge in [0, 0.05) is 9.26 Å². The SMILES string of the molecule is Cc1[nH]c(=O)c(C(=O)/C=C\c2ccc(I)cc2)c2c1CCCC2. The standard InChI is InChI=1S/C19H18INO2/c1-12-15-4-2-3-5-16(15)18(19(23)21-12)17(22)11-8-13-6-9-14(20)10-7-13/h6-11H,2-5H2,1H3,(H,21,23)/b11-8-. The first-order chi connectivity index (χ1) is 11.1. The molecule has 3 nitrogen and oxygen atoms in total. The molecule has 0 bridgehead atoms. The zero-order valence-corrected chi connectivity index (χ0v) is 15.1. The number of aryl methyl sites for hydroxylation is 1. The van der Waals surface area contributed by atoms with Gasteiger partial charge in [0.1, 0.15) is 0 Å². The van der Waals surface area contributed by atoms with Crippen molar-refractivity contribution in [3.05, 3.63) is 72.2 Å². The highest BCUT2D eigenvalue weighted by atomic mass is 127. The van der Waals surface area contributed by atoms with E-state index in [-0.39, 0.29) is 11.3 Å². The van der Waals surface area contributed by atoms with Gasteiger partial charge in [-0.25, -0.2) is 0 Å². The molecule has 4 heteroatoms. The molecule has 0 radical (unpaired) electrons. The summed E-state index contributed by atoms with van der Waals surface area (Å²) in [4.78, 5) is 27.7. The van der Waals surface area contributed by atoms with E-state index in [1.807, 2.05) is 31.2 Å². The Labute approximate surface area is 149 Å². The highest BCUT2D eigenvalue weighted by molar-refractivity contribution is 14.1. The molecule has 0 amide bonds. The molecule has 0 saturated carbocycles. The first-order valence-electron chi connectivity index (χ1n) is 7.79. The summed E-state index contributed by atoms with van der Waals surface area (Å²) in [6.07, 6.45) is 7.20. The summed E-state index contributed by atoms with van der Waals surface area (Å²) in [5.74, 6) is -0.206. The number of H-pyrrole nitrogens is 1. The Morgan fingerprint density at radius 1 is 1.13 bits per heavy atom. The van der Waals surface area contributed by atoms with Gasteiger partial charge in [-0.3, -0.25) is 9.59 Å². The molecular formula is C19H18INO2. The van der Waals surface area contributed by atoms with Gasteiger partial charge < -0.3 is 4.98 Å². The van der Waals surface area contributed by atoms with Crippen molar-refractivity contribution in [1.29, 1.82) is 0 Å². The minimum Gasteiger partial charge on any atom is -0.326 e. The Balaban J connectivity index is 1.96. The number of ketones is 1. The molecule has 0 aliphatic heterocycles. The molecule has 23 heavy (non-hydrogen) atoms. The number of nitrogens with one attached hydrogen (secondary N) is 1. The highest BCUT2D eigenvalue weighted by Gasteiger charge is 2.21. The van der Waals surface area contributed by atoms with E-state index in [4.69, 9.17) is 0 Å². The second-order valence-electron chi connectivity index (χ2n) is 5.87. The number of benzene rings is 1. The van der Waals surface area contributed by atoms with E-state index in [0.29, 0.717) is 5.56 Å². The second kappa shape index (κ2) is 6.83. The molecule has 1 aromatic carbocycles. The van der Waals surface area contributed by atoms with Crippen LogP contribution < -0.4 is 5.56 Å². The maximum atomic E-state index is 12.6. The molecule has 0 spiro atoms. The monoisotopic (exact) mass is 419 g/mol. The van der Waals surface area contributed by atoms with E-state index in [1.165, 1.54) is 6.08 Å². The van der Waals surface area contributed by atoms with Crippen LogP contribution >= 0.6 is 22.6 Å². The Kier molecular flexibility index (Phi) is 4.80. The molecule has 1 aliphatic carbocycles. The van der Waals surface area contributed by atoms with Crippen LogP contribution in [0.25, 0.3) is 6.08 Å². The largest absolute Gasteiger partial charge is 0.326 e. The first kappa shape index (κ1) is 16.2. The molecule has 118 valence electrons. The predicted molar refractivity (Wildman–Crippen MR) is 101 cm³/mol. The van der Waals surface area contributed by atoms with Crippen molar-refractivity contribution in [2.75, 3.05) is 0 Å². The smallest absolute Gasteiger partial charge is 0.259 e. The molecule has 0 saturated heterocycles. The summed E-state index contributed by atoms with van der Waals surface area (Å²) in [5, 5.41) is 0. The average Bonchev–Trinajstić information content (AvgIpc) is 2.54. The number of pyridine rings is 1. The number of halogens is 1. The van der Waals surface area contributed by atoms with Gasteiger partial charge in [-0.2, -0.15) is 0 Å². The molecule has 1 aromatic heterocycles. The molecule has 0 unspecified atom stereocenters. The van der Waals surface area contributed by atoms with Crippen LogP contribution in [0.2, 0.25) is 0 Å². The van der Waals surface area contributed by atoms with Crippen molar-refractivity contribution in [1.82, 2.24) is 4.98 Å². The van der Waals surface area contributed by atoms with Crippen molar-refractivity contribution < 1.29 is 4.79 Å². The topological polar surface area (TPSA) is 49.9 Å². The quantitative estimate of drug-likeness (QED) is 0.464. The first-order valence-corrected chi connectivity index (χ1v) is 8.87. The number of rotatable bonds is 3. The number of carbonyl (C=O) groups excluding carboxylic acids is 1. The summed E-state index contributed by atoms with van der Waals surface area (Å²) in [6.45, 7) is 1.92. The van der Waals surface area contributed by atoms with Crippen molar-refractivity contribution >= 4 is 34.5 Å². The van der Waals surface area contributed by atoms with Crippen molar-refractivity contribution in [2.24, 2.45) is 0 Å². The molecule has 2 aromatic rings. The van der Waals surface area contributed by atoms with Crippen molar-refractivity contribution in [3.8, 4) is 0 Å². The Morgan fingerprint density at radius 2 is 1.78 bits per heavy atom. The third kappa shape index (κ3) is 3.47. The van der Waals surface area contributed by atoms with Gasteiger partial charge in [-0.05, 0) is 90.1 Å². The highest BCUT2D eigenvalue weighted by Crippen LogP contribution is 2.25. The van der Waals surface area contributed by atoms with E-state index in [1.54, 1.807) is 6.08 Å². The van der Waals surface area contributed by atoms with E-state index in [9.17, 15) is 9.59 Å². The lowest BCUT2D eigenvalue weighted by atomic mass is 9.87. The summed E-state index contributed by atoms with van der Waals surface area (Å²) < 4.78 is 1.15. The zero-order chi connectivity index (χ0) is 16.4. The minimum absolute atomic E-state index is 0.206. The Morgan fingerprint density at radius 3 is 2.48 bits per heavy atom. The summed E-state index contributed by atoms with van der Waals surface area (Å²) >= 11 is 2.24. The summed E-state index contributed by atoms with van der Waals surface area (Å²) in [5.41, 5.74) is 4.03. The molecule has 3 rings (SSSR count). The van der Waals surface area contributed by atoms with Gasteiger partial charge in [-0.1, -0.05) is 18.2 Å². The van der Waals surface area contributed by atoms with Gasteiger partial charge in [0.05, 0.1) is 5.56 Å². The maximum absolute atomic E-state index is 12.6. The predicted octanol–water partition coefficient (Wildman–Crippen LogP) is 4.06. The van der Waals surface area contributed by atoms with Crippen LogP contribution in [0.4, 0.5) is 0 Å². The van der Waals surface area contributed by atoms with Gasteiger partial charge in [-0.15, -0.1) is 0 Å². The van der Waals surface area contributed by atoms with Crippen molar-refractivity contribution in [3.63, 3.8) is 0 Å². The van der Waals surface area contributed by atoms with E-state index < -0.39 is 0 Å². The molecule has 1 heterocycles. The molecule has 0 fully saturated rings. The lowest BCUT2D eigenvalue weighted by Crippen LogP contribution is -2.24. The normalized spacial score (nSPS) is 14.0. The Hall–Kier alpha value is -1.69. The van der Waals surface area contributed by atoms with Crippen LogP contribution in [-0.4, -0.2) is 10.8 Å². The number of hydrogen-bond donors (Lipinski definition) is 1. The van der Waals surface area contributed by atoms with Crippen LogP contribution in [0, 0.1) is 10.5 Å². The van der Waals surface area contributed by atoms with Crippen molar-refractivity contribution in [2.45, 2.75) is 32.6 Å². The van der Waals surface area contributed by atoms with Crippen LogP contribution in [0.1, 0.15) is 45.6 Å². The third-order valence-electron chi connectivity index (χ3n) is 4.29.